The van der Waals surface area contributed by atoms with Gasteiger partial charge in [-0.1, -0.05) is 6.07 Å². The van der Waals surface area contributed by atoms with Crippen molar-refractivity contribution in [2.24, 2.45) is 5.92 Å². The molecule has 0 amide bonds. The monoisotopic (exact) mass is 283 g/mol. The molecule has 0 aliphatic carbocycles. The molecule has 0 bridgehead atoms. The fraction of sp³-hybridized carbons (Fsp3) is 0.438. The van der Waals surface area contributed by atoms with Gasteiger partial charge in [-0.05, 0) is 37.9 Å². The zero-order valence-electron chi connectivity index (χ0n) is 12.4. The molecule has 2 aromatic rings. The molecule has 5 nitrogen and oxygen atoms in total. The van der Waals surface area contributed by atoms with E-state index < -0.39 is 0 Å². The molecule has 5 heteroatoms. The second kappa shape index (κ2) is 6.63. The Kier molecular flexibility index (Phi) is 4.40. The molecule has 3 rings (SSSR count). The van der Waals surface area contributed by atoms with Crippen molar-refractivity contribution in [1.29, 1.82) is 0 Å². The van der Waals surface area contributed by atoms with Gasteiger partial charge >= 0.3 is 0 Å². The van der Waals surface area contributed by atoms with Crippen LogP contribution in [0.4, 0.5) is 5.82 Å². The Morgan fingerprint density at radius 1 is 1.24 bits per heavy atom. The quantitative estimate of drug-likeness (QED) is 0.911. The average molecular weight is 283 g/mol. The number of aromatic nitrogens is 3. The highest BCUT2D eigenvalue weighted by Gasteiger charge is 2.22. The van der Waals surface area contributed by atoms with Crippen molar-refractivity contribution in [2.45, 2.75) is 19.9 Å². The van der Waals surface area contributed by atoms with Crippen LogP contribution in [0.5, 0.6) is 0 Å². The first-order valence-electron chi connectivity index (χ1n) is 7.44. The molecule has 0 radical (unpaired) electrons. The molecule has 0 unspecified atom stereocenters. The standard InChI is InChI=1S/C16H21N5/c1-13-8-19-15(10-18-13)12-21-7-5-14(11-21)9-20-16-4-2-3-6-17-16/h2-4,6,8,10,14H,5,7,9,11-12H2,1H3,(H,17,20)/t14-/m0/s1. The van der Waals surface area contributed by atoms with E-state index in [-0.39, 0.29) is 0 Å². The predicted molar refractivity (Wildman–Crippen MR) is 82.9 cm³/mol. The van der Waals surface area contributed by atoms with Gasteiger partial charge < -0.3 is 5.32 Å². The van der Waals surface area contributed by atoms with Crippen molar-refractivity contribution >= 4 is 5.82 Å². The highest BCUT2D eigenvalue weighted by atomic mass is 15.2. The van der Waals surface area contributed by atoms with Gasteiger partial charge in [-0.3, -0.25) is 14.9 Å². The van der Waals surface area contributed by atoms with Crippen LogP contribution in [0.1, 0.15) is 17.8 Å². The van der Waals surface area contributed by atoms with Crippen LogP contribution in [0, 0.1) is 12.8 Å². The van der Waals surface area contributed by atoms with Crippen LogP contribution < -0.4 is 5.32 Å². The number of aryl methyl sites for hydroxylation is 1. The second-order valence-corrected chi connectivity index (χ2v) is 5.63. The Labute approximate surface area is 125 Å². The number of hydrogen-bond acceptors (Lipinski definition) is 5. The van der Waals surface area contributed by atoms with Gasteiger partial charge in [-0.15, -0.1) is 0 Å². The molecule has 1 N–H and O–H groups in total. The summed E-state index contributed by atoms with van der Waals surface area (Å²) >= 11 is 0. The van der Waals surface area contributed by atoms with Crippen molar-refractivity contribution < 1.29 is 0 Å². The average Bonchev–Trinajstić information content (AvgIpc) is 2.96. The van der Waals surface area contributed by atoms with Crippen molar-refractivity contribution in [3.63, 3.8) is 0 Å². The molecule has 0 aromatic carbocycles. The van der Waals surface area contributed by atoms with Crippen LogP contribution in [0.2, 0.25) is 0 Å². The minimum absolute atomic E-state index is 0.672. The number of likely N-dealkylation sites (tertiary alicyclic amines) is 1. The molecule has 0 saturated carbocycles. The van der Waals surface area contributed by atoms with Gasteiger partial charge in [0.1, 0.15) is 5.82 Å². The lowest BCUT2D eigenvalue weighted by atomic mass is 10.1. The number of nitrogens with zero attached hydrogens (tertiary/aromatic N) is 4. The van der Waals surface area contributed by atoms with E-state index in [1.807, 2.05) is 43.7 Å². The van der Waals surface area contributed by atoms with E-state index in [0.29, 0.717) is 5.92 Å². The van der Waals surface area contributed by atoms with Gasteiger partial charge in [-0.25, -0.2) is 4.98 Å². The number of rotatable bonds is 5. The molecule has 2 aromatic heterocycles. The Morgan fingerprint density at radius 2 is 2.19 bits per heavy atom. The van der Waals surface area contributed by atoms with E-state index in [2.05, 4.69) is 25.2 Å². The Balaban J connectivity index is 1.46. The summed E-state index contributed by atoms with van der Waals surface area (Å²) in [7, 11) is 0. The van der Waals surface area contributed by atoms with Gasteiger partial charge in [0.2, 0.25) is 0 Å². The highest BCUT2D eigenvalue weighted by Crippen LogP contribution is 2.18. The lowest BCUT2D eigenvalue weighted by molar-refractivity contribution is 0.314. The maximum atomic E-state index is 4.43. The van der Waals surface area contributed by atoms with E-state index in [0.717, 1.165) is 43.4 Å². The zero-order valence-corrected chi connectivity index (χ0v) is 12.4. The third kappa shape index (κ3) is 3.98. The lowest BCUT2D eigenvalue weighted by Crippen LogP contribution is -2.23. The number of nitrogens with one attached hydrogen (secondary N) is 1. The minimum Gasteiger partial charge on any atom is -0.370 e. The van der Waals surface area contributed by atoms with Crippen LogP contribution >= 0.6 is 0 Å². The van der Waals surface area contributed by atoms with Crippen LogP contribution in [-0.2, 0) is 6.54 Å². The van der Waals surface area contributed by atoms with Gasteiger partial charge in [0.15, 0.2) is 0 Å². The summed E-state index contributed by atoms with van der Waals surface area (Å²) in [6.07, 6.45) is 6.76. The molecule has 1 saturated heterocycles. The van der Waals surface area contributed by atoms with Crippen LogP contribution in [-0.4, -0.2) is 39.5 Å². The fourth-order valence-corrected chi connectivity index (χ4v) is 2.67. The Morgan fingerprint density at radius 3 is 2.95 bits per heavy atom. The second-order valence-electron chi connectivity index (χ2n) is 5.63. The summed E-state index contributed by atoms with van der Waals surface area (Å²) in [5.74, 6) is 1.63. The molecule has 1 fully saturated rings. The van der Waals surface area contributed by atoms with Crippen molar-refractivity contribution in [2.75, 3.05) is 25.0 Å². The zero-order chi connectivity index (χ0) is 14.5. The summed E-state index contributed by atoms with van der Waals surface area (Å²) in [6.45, 7) is 6.08. The molecule has 1 atom stereocenters. The molecule has 1 aliphatic heterocycles. The summed E-state index contributed by atoms with van der Waals surface area (Å²) in [4.78, 5) is 15.5. The van der Waals surface area contributed by atoms with Gasteiger partial charge in [-0.2, -0.15) is 0 Å². The molecule has 0 spiro atoms. The van der Waals surface area contributed by atoms with E-state index in [1.54, 1.807) is 0 Å². The van der Waals surface area contributed by atoms with Crippen molar-refractivity contribution in [3.8, 4) is 0 Å². The van der Waals surface area contributed by atoms with Crippen LogP contribution in [0.3, 0.4) is 0 Å². The molecular formula is C16H21N5. The lowest BCUT2D eigenvalue weighted by Gasteiger charge is -2.16. The summed E-state index contributed by atoms with van der Waals surface area (Å²) < 4.78 is 0. The van der Waals surface area contributed by atoms with Crippen molar-refractivity contribution in [1.82, 2.24) is 19.9 Å². The van der Waals surface area contributed by atoms with Gasteiger partial charge in [0.25, 0.3) is 0 Å². The number of anilines is 1. The summed E-state index contributed by atoms with van der Waals surface area (Å²) in [5.41, 5.74) is 2.02. The first kappa shape index (κ1) is 13.9. The maximum absolute atomic E-state index is 4.43. The highest BCUT2D eigenvalue weighted by molar-refractivity contribution is 5.33. The van der Waals surface area contributed by atoms with Crippen molar-refractivity contribution in [3.05, 3.63) is 48.2 Å². The molecule has 110 valence electrons. The summed E-state index contributed by atoms with van der Waals surface area (Å²) in [5, 5.41) is 3.41. The Bertz CT molecular complexity index is 555. The smallest absolute Gasteiger partial charge is 0.125 e. The normalized spacial score (nSPS) is 18.8. The molecule has 21 heavy (non-hydrogen) atoms. The number of pyridine rings is 1. The fourth-order valence-electron chi connectivity index (χ4n) is 2.67. The largest absolute Gasteiger partial charge is 0.370 e. The van der Waals surface area contributed by atoms with E-state index in [4.69, 9.17) is 0 Å². The molecule has 1 aliphatic rings. The first-order valence-corrected chi connectivity index (χ1v) is 7.44. The van der Waals surface area contributed by atoms with E-state index in [1.165, 1.54) is 6.42 Å². The summed E-state index contributed by atoms with van der Waals surface area (Å²) in [6, 6.07) is 5.95. The van der Waals surface area contributed by atoms with Gasteiger partial charge in [0.05, 0.1) is 11.4 Å². The molecule has 3 heterocycles. The number of hydrogen-bond donors (Lipinski definition) is 1. The van der Waals surface area contributed by atoms with Gasteiger partial charge in [0, 0.05) is 38.2 Å². The SMILES string of the molecule is Cc1cnc(CN2CC[C@@H](CNc3ccccn3)C2)cn1. The minimum atomic E-state index is 0.672. The first-order chi connectivity index (χ1) is 10.3. The topological polar surface area (TPSA) is 53.9 Å². The maximum Gasteiger partial charge on any atom is 0.125 e. The third-order valence-corrected chi connectivity index (χ3v) is 3.83. The Hall–Kier alpha value is -2.01. The molecular weight excluding hydrogens is 262 g/mol. The van der Waals surface area contributed by atoms with Crippen LogP contribution in [0.15, 0.2) is 36.8 Å². The third-order valence-electron chi connectivity index (χ3n) is 3.83. The predicted octanol–water partition coefficient (Wildman–Crippen LogP) is 2.11. The van der Waals surface area contributed by atoms with Crippen LogP contribution in [0.25, 0.3) is 0 Å². The van der Waals surface area contributed by atoms with E-state index in [9.17, 15) is 0 Å². The van der Waals surface area contributed by atoms with E-state index >= 15 is 0 Å².